The van der Waals surface area contributed by atoms with Crippen molar-refractivity contribution in [2.75, 3.05) is 11.9 Å². The molecule has 0 aliphatic carbocycles. The van der Waals surface area contributed by atoms with Crippen LogP contribution in [0.1, 0.15) is 19.5 Å². The minimum Gasteiger partial charge on any atom is -0.359 e. The zero-order valence-corrected chi connectivity index (χ0v) is 13.0. The van der Waals surface area contributed by atoms with Crippen molar-refractivity contribution in [1.29, 1.82) is 0 Å². The van der Waals surface area contributed by atoms with Gasteiger partial charge in [0.1, 0.15) is 30.0 Å². The number of ether oxygens (including phenoxy) is 1. The second-order valence-electron chi connectivity index (χ2n) is 5.49. The normalized spacial score (nSPS) is 22.3. The Hall–Kier alpha value is -2.11. The lowest BCUT2D eigenvalue weighted by Crippen LogP contribution is -2.64. The molecule has 1 aliphatic rings. The highest BCUT2D eigenvalue weighted by molar-refractivity contribution is 5.85. The summed E-state index contributed by atoms with van der Waals surface area (Å²) in [7, 11) is 0. The smallest absolute Gasteiger partial charge is 0.359 e. The minimum atomic E-state index is -4.80. The molecule has 0 aromatic carbocycles. The SMILES string of the molecule is C[C@@H](Nc1cc(C(F)(F)F)ncn1)C(=O)N1C[C@H](OC(F)(F)F)[C@@H]1C. The predicted octanol–water partition coefficient (Wildman–Crippen LogP) is 2.43. The van der Waals surface area contributed by atoms with E-state index in [9.17, 15) is 31.1 Å². The molecular formula is C13H14F6N4O2. The molecular weight excluding hydrogens is 358 g/mol. The number of carbonyl (C=O) groups excluding carboxylic acids is 1. The predicted molar refractivity (Wildman–Crippen MR) is 72.2 cm³/mol. The van der Waals surface area contributed by atoms with Gasteiger partial charge in [-0.25, -0.2) is 9.97 Å². The van der Waals surface area contributed by atoms with Gasteiger partial charge in [-0.05, 0) is 13.8 Å². The summed E-state index contributed by atoms with van der Waals surface area (Å²) >= 11 is 0. The van der Waals surface area contributed by atoms with Crippen LogP contribution < -0.4 is 5.32 Å². The van der Waals surface area contributed by atoms with Crippen molar-refractivity contribution in [3.63, 3.8) is 0 Å². The van der Waals surface area contributed by atoms with Crippen LogP contribution in [-0.4, -0.2) is 51.9 Å². The molecule has 2 heterocycles. The van der Waals surface area contributed by atoms with Crippen LogP contribution in [-0.2, 0) is 15.7 Å². The molecule has 3 atom stereocenters. The highest BCUT2D eigenvalue weighted by Gasteiger charge is 2.46. The number of hydrogen-bond acceptors (Lipinski definition) is 5. The highest BCUT2D eigenvalue weighted by atomic mass is 19.4. The number of nitrogens with zero attached hydrogens (tertiary/aromatic N) is 3. The molecule has 1 saturated heterocycles. The van der Waals surface area contributed by atoms with E-state index in [1.807, 2.05) is 0 Å². The molecule has 1 amide bonds. The molecule has 2 rings (SSSR count). The van der Waals surface area contributed by atoms with Crippen LogP contribution >= 0.6 is 0 Å². The first kappa shape index (κ1) is 19.2. The molecule has 6 nitrogen and oxygen atoms in total. The van der Waals surface area contributed by atoms with Crippen molar-refractivity contribution in [1.82, 2.24) is 14.9 Å². The number of alkyl halides is 6. The molecule has 1 aromatic rings. The Labute approximate surface area is 138 Å². The number of rotatable bonds is 4. The number of halogens is 6. The van der Waals surface area contributed by atoms with Gasteiger partial charge in [0.2, 0.25) is 5.91 Å². The number of amides is 1. The molecule has 1 aromatic heterocycles. The van der Waals surface area contributed by atoms with E-state index in [-0.39, 0.29) is 12.4 Å². The van der Waals surface area contributed by atoms with E-state index >= 15 is 0 Å². The second-order valence-corrected chi connectivity index (χ2v) is 5.49. The molecule has 1 N–H and O–H groups in total. The fraction of sp³-hybridized carbons (Fsp3) is 0.615. The van der Waals surface area contributed by atoms with Crippen LogP contribution in [0, 0.1) is 0 Å². The molecule has 0 spiro atoms. The van der Waals surface area contributed by atoms with Crippen LogP contribution in [0.5, 0.6) is 0 Å². The van der Waals surface area contributed by atoms with Crippen molar-refractivity contribution in [3.05, 3.63) is 18.1 Å². The quantitative estimate of drug-likeness (QED) is 0.823. The lowest BCUT2D eigenvalue weighted by Gasteiger charge is -2.46. The van der Waals surface area contributed by atoms with E-state index in [0.29, 0.717) is 12.4 Å². The third-order valence-electron chi connectivity index (χ3n) is 3.67. The number of hydrogen-bond donors (Lipinski definition) is 1. The monoisotopic (exact) mass is 372 g/mol. The van der Waals surface area contributed by atoms with E-state index in [4.69, 9.17) is 0 Å². The van der Waals surface area contributed by atoms with Crippen LogP contribution in [0.15, 0.2) is 12.4 Å². The molecule has 0 saturated carbocycles. The molecule has 1 aliphatic heterocycles. The number of anilines is 1. The number of aromatic nitrogens is 2. The van der Waals surface area contributed by atoms with Gasteiger partial charge in [-0.3, -0.25) is 9.53 Å². The second kappa shape index (κ2) is 6.65. The Morgan fingerprint density at radius 1 is 1.32 bits per heavy atom. The molecule has 0 bridgehead atoms. The van der Waals surface area contributed by atoms with Crippen LogP contribution in [0.2, 0.25) is 0 Å². The summed E-state index contributed by atoms with van der Waals surface area (Å²) in [5.74, 6) is -0.805. The minimum absolute atomic E-state index is 0.223. The van der Waals surface area contributed by atoms with Gasteiger partial charge in [-0.2, -0.15) is 13.2 Å². The van der Waals surface area contributed by atoms with E-state index < -0.39 is 42.3 Å². The molecule has 0 unspecified atom stereocenters. The third-order valence-corrected chi connectivity index (χ3v) is 3.67. The molecule has 0 radical (unpaired) electrons. The topological polar surface area (TPSA) is 67.4 Å². The first-order chi connectivity index (χ1) is 11.4. The van der Waals surface area contributed by atoms with Crippen LogP contribution in [0.25, 0.3) is 0 Å². The van der Waals surface area contributed by atoms with E-state index in [1.165, 1.54) is 13.8 Å². The summed E-state index contributed by atoms with van der Waals surface area (Å²) in [4.78, 5) is 20.0. The average Bonchev–Trinajstić information content (AvgIpc) is 2.48. The van der Waals surface area contributed by atoms with Gasteiger partial charge in [-0.15, -0.1) is 13.2 Å². The van der Waals surface area contributed by atoms with E-state index in [0.717, 1.165) is 4.90 Å². The maximum Gasteiger partial charge on any atom is 0.522 e. The summed E-state index contributed by atoms with van der Waals surface area (Å²) < 4.78 is 78.1. The molecule has 12 heteroatoms. The Balaban J connectivity index is 1.96. The summed E-state index contributed by atoms with van der Waals surface area (Å²) in [5, 5.41) is 2.48. The van der Waals surface area contributed by atoms with Crippen LogP contribution in [0.3, 0.4) is 0 Å². The summed E-state index contributed by atoms with van der Waals surface area (Å²) in [6.45, 7) is 2.49. The zero-order chi connectivity index (χ0) is 19.0. The molecule has 140 valence electrons. The number of likely N-dealkylation sites (tertiary alicyclic amines) is 1. The Kier molecular flexibility index (Phi) is 5.11. The van der Waals surface area contributed by atoms with Gasteiger partial charge in [0, 0.05) is 12.6 Å². The lowest BCUT2D eigenvalue weighted by atomic mass is 10.00. The van der Waals surface area contributed by atoms with Crippen molar-refractivity contribution in [2.24, 2.45) is 0 Å². The Morgan fingerprint density at radius 3 is 2.48 bits per heavy atom. The fourth-order valence-electron chi connectivity index (χ4n) is 2.30. The summed E-state index contributed by atoms with van der Waals surface area (Å²) in [6, 6.07) is -1.17. The van der Waals surface area contributed by atoms with Gasteiger partial charge in [0.15, 0.2) is 0 Å². The van der Waals surface area contributed by atoms with Crippen molar-refractivity contribution < 1.29 is 35.9 Å². The highest BCUT2D eigenvalue weighted by Crippen LogP contribution is 2.30. The maximum absolute atomic E-state index is 12.6. The molecule has 25 heavy (non-hydrogen) atoms. The maximum atomic E-state index is 12.6. The van der Waals surface area contributed by atoms with Gasteiger partial charge < -0.3 is 10.2 Å². The third kappa shape index (κ3) is 4.71. The van der Waals surface area contributed by atoms with Crippen molar-refractivity contribution in [3.8, 4) is 0 Å². The Bertz CT molecular complexity index is 636. The van der Waals surface area contributed by atoms with Gasteiger partial charge in [0.05, 0.1) is 6.04 Å². The summed E-state index contributed by atoms with van der Waals surface area (Å²) in [6.07, 6.45) is -9.94. The first-order valence-electron chi connectivity index (χ1n) is 7.09. The first-order valence-corrected chi connectivity index (χ1v) is 7.09. The van der Waals surface area contributed by atoms with Crippen LogP contribution in [0.4, 0.5) is 32.2 Å². The standard InChI is InChI=1S/C13H14F6N4O2/c1-6(22-10-3-9(12(14,15)16)20-5-21-10)11(24)23-4-8(7(23)2)25-13(17,18)19/h3,5-8H,4H2,1-2H3,(H,20,21,22)/t6-,7+,8+/m1/s1. The number of carbonyl (C=O) groups is 1. The number of nitrogens with one attached hydrogen (secondary N) is 1. The van der Waals surface area contributed by atoms with E-state index in [2.05, 4.69) is 20.0 Å². The Morgan fingerprint density at radius 2 is 1.96 bits per heavy atom. The van der Waals surface area contributed by atoms with Gasteiger partial charge >= 0.3 is 12.5 Å². The van der Waals surface area contributed by atoms with Crippen molar-refractivity contribution in [2.45, 2.75) is 44.6 Å². The van der Waals surface area contributed by atoms with E-state index in [1.54, 1.807) is 0 Å². The summed E-state index contributed by atoms with van der Waals surface area (Å²) in [5.41, 5.74) is -1.18. The van der Waals surface area contributed by atoms with Gasteiger partial charge in [0.25, 0.3) is 0 Å². The van der Waals surface area contributed by atoms with Gasteiger partial charge in [-0.1, -0.05) is 0 Å². The van der Waals surface area contributed by atoms with Crippen molar-refractivity contribution >= 4 is 11.7 Å². The fourth-order valence-corrected chi connectivity index (χ4v) is 2.30. The zero-order valence-electron chi connectivity index (χ0n) is 13.0. The molecule has 1 fully saturated rings. The lowest BCUT2D eigenvalue weighted by molar-refractivity contribution is -0.359. The average molecular weight is 372 g/mol. The largest absolute Gasteiger partial charge is 0.522 e.